The molecule has 5 aromatic rings. The van der Waals surface area contributed by atoms with Crippen LogP contribution >= 0.6 is 0 Å². The van der Waals surface area contributed by atoms with Crippen LogP contribution in [0, 0.1) is 13.8 Å². The van der Waals surface area contributed by atoms with Crippen molar-refractivity contribution >= 4 is 27.0 Å². The van der Waals surface area contributed by atoms with Crippen molar-refractivity contribution in [1.82, 2.24) is 25.1 Å². The van der Waals surface area contributed by atoms with Crippen LogP contribution < -0.4 is 4.72 Å². The van der Waals surface area contributed by atoms with Crippen LogP contribution in [0.2, 0.25) is 0 Å². The van der Waals surface area contributed by atoms with Gasteiger partial charge in [0.25, 0.3) is 0 Å². The van der Waals surface area contributed by atoms with Gasteiger partial charge < -0.3 is 14.6 Å². The van der Waals surface area contributed by atoms with Crippen molar-refractivity contribution < 1.29 is 18.0 Å². The van der Waals surface area contributed by atoms with Gasteiger partial charge in [0.1, 0.15) is 5.76 Å². The maximum Gasteiger partial charge on any atom is 0.237 e. The molecule has 37 heavy (non-hydrogen) atoms. The molecule has 1 aromatic carbocycles. The summed E-state index contributed by atoms with van der Waals surface area (Å²) < 4.78 is 33.1. The summed E-state index contributed by atoms with van der Waals surface area (Å²) in [6.45, 7) is 6.78. The molecule has 0 radical (unpaired) electrons. The Morgan fingerprint density at radius 2 is 1.68 bits per heavy atom. The minimum absolute atomic E-state index is 0.0326. The second-order valence-corrected chi connectivity index (χ2v) is 11.3. The van der Waals surface area contributed by atoms with E-state index in [-0.39, 0.29) is 5.95 Å². The zero-order chi connectivity index (χ0) is 26.4. The number of H-pyrrole nitrogens is 1. The van der Waals surface area contributed by atoms with Gasteiger partial charge in [0, 0.05) is 23.5 Å². The number of sulfonamides is 1. The molecule has 0 aliphatic rings. The number of hydrogen-bond acceptors (Lipinski definition) is 8. The Bertz CT molecular complexity index is 1620. The second-order valence-electron chi connectivity index (χ2n) is 9.04. The molecule has 0 fully saturated rings. The van der Waals surface area contributed by atoms with E-state index in [9.17, 15) is 13.5 Å². The van der Waals surface area contributed by atoms with E-state index in [1.54, 1.807) is 75.6 Å². The molecule has 0 aliphatic heterocycles. The Labute approximate surface area is 213 Å². The largest absolute Gasteiger partial charge is 0.373 e. The fourth-order valence-corrected chi connectivity index (χ4v) is 4.90. The maximum atomic E-state index is 12.6. The predicted molar refractivity (Wildman–Crippen MR) is 139 cm³/mol. The highest BCUT2D eigenvalue weighted by molar-refractivity contribution is 7.93. The Hall–Kier alpha value is -4.09. The SMILES string of the molecule is Cc1noc(C)c1-c1cc(C(O)(c2ccccn2)c2ccccn2)c2nc(NS(=O)(=O)C(C)C)[nH]c2c1. The summed E-state index contributed by atoms with van der Waals surface area (Å²) >= 11 is 0. The van der Waals surface area contributed by atoms with Gasteiger partial charge in [-0.2, -0.15) is 0 Å². The number of nitrogens with one attached hydrogen (secondary N) is 2. The summed E-state index contributed by atoms with van der Waals surface area (Å²) in [6, 6.07) is 14.1. The third-order valence-electron chi connectivity index (χ3n) is 6.23. The van der Waals surface area contributed by atoms with E-state index in [1.165, 1.54) is 0 Å². The Balaban J connectivity index is 1.85. The van der Waals surface area contributed by atoms with Gasteiger partial charge in [-0.25, -0.2) is 13.4 Å². The van der Waals surface area contributed by atoms with Crippen LogP contribution in [0.4, 0.5) is 5.95 Å². The van der Waals surface area contributed by atoms with Gasteiger partial charge in [-0.3, -0.25) is 14.7 Å². The molecule has 190 valence electrons. The van der Waals surface area contributed by atoms with Gasteiger partial charge in [-0.05, 0) is 69.7 Å². The standard InChI is InChI=1S/C26H26N6O4S/c1-15(2)37(34,35)32-25-29-20-14-18(23-16(3)31-36-17(23)4)13-19(24(20)30-25)26(33,21-9-5-7-11-27-21)22-10-6-8-12-28-22/h5-15,33H,1-4H3,(H2,29,30,32). The first-order chi connectivity index (χ1) is 17.6. The third kappa shape index (κ3) is 4.25. The molecule has 3 N–H and O–H groups in total. The lowest BCUT2D eigenvalue weighted by Gasteiger charge is -2.28. The van der Waals surface area contributed by atoms with Crippen molar-refractivity contribution in [2.24, 2.45) is 0 Å². The molecule has 0 bridgehead atoms. The number of pyridine rings is 2. The van der Waals surface area contributed by atoms with Crippen molar-refractivity contribution in [1.29, 1.82) is 0 Å². The molecule has 0 unspecified atom stereocenters. The molecule has 4 aromatic heterocycles. The van der Waals surface area contributed by atoms with Crippen molar-refractivity contribution in [2.45, 2.75) is 38.5 Å². The highest BCUT2D eigenvalue weighted by atomic mass is 32.2. The normalized spacial score (nSPS) is 12.4. The van der Waals surface area contributed by atoms with Crippen LogP contribution in [0.3, 0.4) is 0 Å². The highest BCUT2D eigenvalue weighted by Gasteiger charge is 2.40. The smallest absolute Gasteiger partial charge is 0.237 e. The van der Waals surface area contributed by atoms with Gasteiger partial charge in [-0.1, -0.05) is 17.3 Å². The van der Waals surface area contributed by atoms with Crippen LogP contribution in [0.25, 0.3) is 22.2 Å². The van der Waals surface area contributed by atoms with E-state index in [0.717, 1.165) is 5.56 Å². The van der Waals surface area contributed by atoms with Crippen LogP contribution in [0.15, 0.2) is 65.4 Å². The van der Waals surface area contributed by atoms with E-state index >= 15 is 0 Å². The second kappa shape index (κ2) is 9.09. The quantitative estimate of drug-likeness (QED) is 0.292. The number of imidazole rings is 1. The first kappa shape index (κ1) is 24.6. The lowest BCUT2D eigenvalue weighted by Crippen LogP contribution is -2.31. The minimum atomic E-state index is -3.67. The van der Waals surface area contributed by atoms with Crippen LogP contribution in [0.5, 0.6) is 0 Å². The Morgan fingerprint density at radius 1 is 1.03 bits per heavy atom. The number of nitrogens with zero attached hydrogens (tertiary/aromatic N) is 4. The van der Waals surface area contributed by atoms with E-state index in [0.29, 0.717) is 45.0 Å². The number of aryl methyl sites for hydroxylation is 2. The molecule has 0 aliphatic carbocycles. The number of hydrogen-bond donors (Lipinski definition) is 3. The van der Waals surface area contributed by atoms with Crippen molar-refractivity contribution in [2.75, 3.05) is 4.72 Å². The molecular formula is C26H26N6O4S. The molecule has 0 saturated carbocycles. The molecule has 0 spiro atoms. The highest BCUT2D eigenvalue weighted by Crippen LogP contribution is 2.41. The predicted octanol–water partition coefficient (Wildman–Crippen LogP) is 4.06. The number of aromatic amines is 1. The van der Waals surface area contributed by atoms with Gasteiger partial charge in [0.15, 0.2) is 5.60 Å². The van der Waals surface area contributed by atoms with Crippen molar-refractivity contribution in [3.05, 3.63) is 89.3 Å². The van der Waals surface area contributed by atoms with Crippen LogP contribution in [-0.4, -0.2) is 43.9 Å². The van der Waals surface area contributed by atoms with E-state index in [2.05, 4.69) is 29.8 Å². The minimum Gasteiger partial charge on any atom is -0.373 e. The lowest BCUT2D eigenvalue weighted by atomic mass is 9.83. The molecule has 0 atom stereocenters. The Morgan fingerprint density at radius 3 is 2.19 bits per heavy atom. The molecule has 4 heterocycles. The molecule has 0 amide bonds. The molecule has 5 rings (SSSR count). The summed E-state index contributed by atoms with van der Waals surface area (Å²) in [4.78, 5) is 16.5. The fourth-order valence-electron chi connectivity index (χ4n) is 4.29. The van der Waals surface area contributed by atoms with Gasteiger partial charge in [0.05, 0.1) is 33.4 Å². The third-order valence-corrected chi connectivity index (χ3v) is 7.95. The molecule has 10 nitrogen and oxygen atoms in total. The number of aliphatic hydroxyl groups is 1. The van der Waals surface area contributed by atoms with Crippen LogP contribution in [0.1, 0.15) is 42.3 Å². The lowest BCUT2D eigenvalue weighted by molar-refractivity contribution is 0.117. The fraction of sp³-hybridized carbons (Fsp3) is 0.231. The monoisotopic (exact) mass is 518 g/mol. The number of aromatic nitrogens is 5. The zero-order valence-corrected chi connectivity index (χ0v) is 21.5. The maximum absolute atomic E-state index is 12.6. The summed E-state index contributed by atoms with van der Waals surface area (Å²) in [5, 5.41) is 15.9. The van der Waals surface area contributed by atoms with E-state index in [4.69, 9.17) is 4.52 Å². The Kier molecular flexibility index (Phi) is 6.04. The number of fused-ring (bicyclic) bond motifs is 1. The first-order valence-corrected chi connectivity index (χ1v) is 13.2. The topological polar surface area (TPSA) is 147 Å². The average molecular weight is 519 g/mol. The molecular weight excluding hydrogens is 492 g/mol. The number of rotatable bonds is 7. The van der Waals surface area contributed by atoms with E-state index < -0.39 is 20.9 Å². The van der Waals surface area contributed by atoms with Crippen molar-refractivity contribution in [3.63, 3.8) is 0 Å². The molecule has 11 heteroatoms. The number of anilines is 1. The zero-order valence-electron chi connectivity index (χ0n) is 20.7. The van der Waals surface area contributed by atoms with Gasteiger partial charge in [0.2, 0.25) is 16.0 Å². The van der Waals surface area contributed by atoms with E-state index in [1.807, 2.05) is 13.0 Å². The van der Waals surface area contributed by atoms with Gasteiger partial charge in [-0.15, -0.1) is 0 Å². The molecule has 0 saturated heterocycles. The summed E-state index contributed by atoms with van der Waals surface area (Å²) in [7, 11) is -3.67. The van der Waals surface area contributed by atoms with Crippen molar-refractivity contribution in [3.8, 4) is 11.1 Å². The first-order valence-electron chi connectivity index (χ1n) is 11.7. The summed E-state index contributed by atoms with van der Waals surface area (Å²) in [5.41, 5.74) is 2.19. The van der Waals surface area contributed by atoms with Crippen LogP contribution in [-0.2, 0) is 15.6 Å². The van der Waals surface area contributed by atoms with Gasteiger partial charge >= 0.3 is 0 Å². The average Bonchev–Trinajstić information content (AvgIpc) is 3.44. The summed E-state index contributed by atoms with van der Waals surface area (Å²) in [6.07, 6.45) is 3.18. The summed E-state index contributed by atoms with van der Waals surface area (Å²) in [5.74, 6) is 0.632. The number of benzene rings is 1.